The molecule has 3 aromatic heterocycles. The number of nitrogens with one attached hydrogen (secondary N) is 1. The minimum absolute atomic E-state index is 0.0370. The van der Waals surface area contributed by atoms with Gasteiger partial charge in [-0.1, -0.05) is 20.8 Å². The molecule has 3 aromatic rings. The van der Waals surface area contributed by atoms with Gasteiger partial charge in [0.15, 0.2) is 0 Å². The van der Waals surface area contributed by atoms with E-state index in [4.69, 9.17) is 10.5 Å². The highest BCUT2D eigenvalue weighted by atomic mass is 19.1. The Kier molecular flexibility index (Phi) is 10.7. The number of hydrogen-bond acceptors (Lipinski definition) is 5. The first-order valence-electron chi connectivity index (χ1n) is 10.4. The number of rotatable bonds is 4. The Bertz CT molecular complexity index is 1070. The quantitative estimate of drug-likeness (QED) is 0.450. The summed E-state index contributed by atoms with van der Waals surface area (Å²) < 4.78 is 29.1. The molecule has 0 radical (unpaired) electrons. The van der Waals surface area contributed by atoms with Crippen LogP contribution in [0.2, 0.25) is 0 Å². The second-order valence-corrected chi connectivity index (χ2v) is 6.98. The third-order valence-corrected chi connectivity index (χ3v) is 5.15. The van der Waals surface area contributed by atoms with E-state index in [1.807, 2.05) is 27.6 Å². The van der Waals surface area contributed by atoms with Gasteiger partial charge in [-0.2, -0.15) is 9.49 Å². The Morgan fingerprint density at radius 3 is 2.39 bits per heavy atom. The molecule has 1 aliphatic rings. The molecular formula is C24H29F2N5O2. The van der Waals surface area contributed by atoms with Crippen molar-refractivity contribution in [1.82, 2.24) is 14.6 Å². The lowest BCUT2D eigenvalue weighted by Crippen LogP contribution is -2.29. The van der Waals surface area contributed by atoms with E-state index < -0.39 is 24.1 Å². The van der Waals surface area contributed by atoms with Gasteiger partial charge in [-0.25, -0.2) is 13.9 Å². The van der Waals surface area contributed by atoms with Crippen molar-refractivity contribution in [2.24, 2.45) is 11.7 Å². The number of aromatic nitrogens is 3. The summed E-state index contributed by atoms with van der Waals surface area (Å²) in [4.78, 5) is 23.5. The van der Waals surface area contributed by atoms with Crippen molar-refractivity contribution in [3.8, 4) is 24.0 Å². The number of anilines is 1. The van der Waals surface area contributed by atoms with Crippen LogP contribution in [-0.2, 0) is 4.79 Å². The molecule has 7 nitrogen and oxygen atoms in total. The lowest BCUT2D eigenvalue weighted by Gasteiger charge is -2.20. The zero-order chi connectivity index (χ0) is 25.1. The summed E-state index contributed by atoms with van der Waals surface area (Å²) in [7, 11) is 0. The van der Waals surface area contributed by atoms with E-state index in [1.54, 1.807) is 22.8 Å². The number of alkyl halides is 1. The largest absolute Gasteiger partial charge is 0.377 e. The number of hydrogen-bond donors (Lipinski definition) is 2. The number of fused-ring (bicyclic) bond motifs is 1. The highest BCUT2D eigenvalue weighted by Crippen LogP contribution is 2.34. The zero-order valence-corrected chi connectivity index (χ0v) is 19.0. The Morgan fingerprint density at radius 1 is 1.21 bits per heavy atom. The molecule has 176 valence electrons. The Hall–Kier alpha value is -3.80. The van der Waals surface area contributed by atoms with Crippen LogP contribution in [0.3, 0.4) is 0 Å². The van der Waals surface area contributed by atoms with Crippen LogP contribution < -0.4 is 11.1 Å². The van der Waals surface area contributed by atoms with Crippen molar-refractivity contribution in [3.05, 3.63) is 48.3 Å². The lowest BCUT2D eigenvalue weighted by molar-refractivity contribution is -0.0980. The summed E-state index contributed by atoms with van der Waals surface area (Å²) in [6.07, 6.45) is 13.0. The predicted octanol–water partition coefficient (Wildman–Crippen LogP) is 4.27. The summed E-state index contributed by atoms with van der Waals surface area (Å²) in [5, 5.41) is 7.40. The maximum atomic E-state index is 14.5. The second-order valence-electron chi connectivity index (χ2n) is 6.98. The van der Waals surface area contributed by atoms with Gasteiger partial charge in [-0.05, 0) is 37.0 Å². The summed E-state index contributed by atoms with van der Waals surface area (Å²) in [5.41, 5.74) is 8.21. The van der Waals surface area contributed by atoms with Gasteiger partial charge in [0, 0.05) is 23.5 Å². The molecule has 33 heavy (non-hydrogen) atoms. The molecule has 0 bridgehead atoms. The molecule has 3 atom stereocenters. The average Bonchev–Trinajstić information content (AvgIpc) is 3.42. The van der Waals surface area contributed by atoms with Crippen LogP contribution >= 0.6 is 0 Å². The molecule has 1 saturated carbocycles. The van der Waals surface area contributed by atoms with E-state index in [2.05, 4.69) is 28.2 Å². The van der Waals surface area contributed by atoms with Gasteiger partial charge in [0.1, 0.15) is 13.0 Å². The molecule has 1 amide bonds. The first-order chi connectivity index (χ1) is 15.9. The molecule has 0 spiro atoms. The van der Waals surface area contributed by atoms with Gasteiger partial charge in [0.25, 0.3) is 5.91 Å². The Balaban J connectivity index is 0.000000841. The number of nitrogens with two attached hydrogens (primary N) is 1. The van der Waals surface area contributed by atoms with Crippen molar-refractivity contribution in [2.75, 3.05) is 5.32 Å². The Labute approximate surface area is 192 Å². The van der Waals surface area contributed by atoms with E-state index in [9.17, 15) is 13.6 Å². The topological polar surface area (TPSA) is 102 Å². The number of nitrogens with zero attached hydrogens (tertiary/aromatic N) is 3. The number of carbonyl (C=O) groups excluding carboxylic acids is 2. The number of amides is 1. The highest BCUT2D eigenvalue weighted by Gasteiger charge is 2.34. The molecule has 3 N–H and O–H groups in total. The number of terminal acetylenes is 1. The van der Waals surface area contributed by atoms with Crippen molar-refractivity contribution >= 4 is 23.9 Å². The normalized spacial score (nSPS) is 18.6. The standard InChI is InChI=1S/C19H19F2N5O.C2H6.C2H2.CH2O/c1-10-2-4-14(17(10)21)25-18-13(19(22)27)8-24-26-9-12(6-15(18)26)11-3-5-16(20)23-7-11;3*1-2/h3,5-10,14,17,25H,2,4H2,1H3,(H2,22,27);1-2H3;1-2H;1H2/t10-,14+,17-;;;/m0.../s1. The minimum atomic E-state index is -1.00. The third-order valence-electron chi connectivity index (χ3n) is 5.15. The predicted molar refractivity (Wildman–Crippen MR) is 126 cm³/mol. The van der Waals surface area contributed by atoms with E-state index >= 15 is 0 Å². The number of halogens is 2. The number of carbonyl (C=O) groups is 2. The summed E-state index contributed by atoms with van der Waals surface area (Å²) in [5.74, 6) is -1.24. The van der Waals surface area contributed by atoms with Crippen LogP contribution in [0, 0.1) is 24.7 Å². The molecule has 0 unspecified atom stereocenters. The van der Waals surface area contributed by atoms with Crippen LogP contribution in [-0.4, -0.2) is 39.5 Å². The van der Waals surface area contributed by atoms with Crippen LogP contribution in [0.25, 0.3) is 16.6 Å². The monoisotopic (exact) mass is 457 g/mol. The summed E-state index contributed by atoms with van der Waals surface area (Å²) in [6.45, 7) is 7.88. The number of primary amides is 1. The van der Waals surface area contributed by atoms with Crippen molar-refractivity contribution < 1.29 is 18.4 Å². The zero-order valence-electron chi connectivity index (χ0n) is 19.0. The van der Waals surface area contributed by atoms with E-state index in [-0.39, 0.29) is 11.5 Å². The van der Waals surface area contributed by atoms with Crippen LogP contribution in [0.15, 0.2) is 36.8 Å². The Morgan fingerprint density at radius 2 is 1.88 bits per heavy atom. The molecule has 0 aromatic carbocycles. The SMILES string of the molecule is C#C.C=O.CC.C[C@H]1CC[C@@H](Nc2c(C(N)=O)cnn3cc(-c4ccc(F)nc4)cc23)[C@H]1F. The fourth-order valence-corrected chi connectivity index (χ4v) is 3.59. The van der Waals surface area contributed by atoms with Gasteiger partial charge in [0.05, 0.1) is 29.0 Å². The minimum Gasteiger partial charge on any atom is -0.377 e. The molecule has 1 aliphatic carbocycles. The molecule has 3 heterocycles. The van der Waals surface area contributed by atoms with Crippen LogP contribution in [0.4, 0.5) is 14.5 Å². The molecule has 0 aliphatic heterocycles. The molecule has 1 fully saturated rings. The highest BCUT2D eigenvalue weighted by molar-refractivity contribution is 6.02. The molecule has 9 heteroatoms. The van der Waals surface area contributed by atoms with Gasteiger partial charge >= 0.3 is 0 Å². The lowest BCUT2D eigenvalue weighted by atomic mass is 10.1. The third kappa shape index (κ3) is 6.13. The van der Waals surface area contributed by atoms with Gasteiger partial charge in [0.2, 0.25) is 5.95 Å². The van der Waals surface area contributed by atoms with Crippen molar-refractivity contribution in [3.63, 3.8) is 0 Å². The first-order valence-corrected chi connectivity index (χ1v) is 10.4. The van der Waals surface area contributed by atoms with E-state index in [1.165, 1.54) is 18.5 Å². The summed E-state index contributed by atoms with van der Waals surface area (Å²) >= 11 is 0. The van der Waals surface area contributed by atoms with E-state index in [0.717, 1.165) is 12.0 Å². The number of pyridine rings is 1. The molecule has 4 rings (SSSR count). The summed E-state index contributed by atoms with van der Waals surface area (Å²) in [6, 6.07) is 4.28. The fraction of sp³-hybridized carbons (Fsp3) is 0.333. The van der Waals surface area contributed by atoms with Crippen molar-refractivity contribution in [2.45, 2.75) is 45.8 Å². The molecular weight excluding hydrogens is 428 g/mol. The van der Waals surface area contributed by atoms with Crippen LogP contribution in [0.1, 0.15) is 44.0 Å². The maximum absolute atomic E-state index is 14.5. The van der Waals surface area contributed by atoms with Gasteiger partial charge in [-0.15, -0.1) is 12.8 Å². The maximum Gasteiger partial charge on any atom is 0.252 e. The fourth-order valence-electron chi connectivity index (χ4n) is 3.59. The average molecular weight is 458 g/mol. The van der Waals surface area contributed by atoms with Crippen LogP contribution in [0.5, 0.6) is 0 Å². The first kappa shape index (κ1) is 27.2. The smallest absolute Gasteiger partial charge is 0.252 e. The molecule has 0 saturated heterocycles. The van der Waals surface area contributed by atoms with Crippen molar-refractivity contribution in [1.29, 1.82) is 0 Å². The second kappa shape index (κ2) is 12.9. The van der Waals surface area contributed by atoms with E-state index in [0.29, 0.717) is 23.2 Å². The van der Waals surface area contributed by atoms with Gasteiger partial charge in [-0.3, -0.25) is 4.79 Å². The van der Waals surface area contributed by atoms with Gasteiger partial charge < -0.3 is 15.8 Å².